The second-order valence-corrected chi connectivity index (χ2v) is 5.71. The number of carbonyl (C=O) groups excluding carboxylic acids is 1. The third kappa shape index (κ3) is 3.51. The lowest BCUT2D eigenvalue weighted by atomic mass is 9.96. The summed E-state index contributed by atoms with van der Waals surface area (Å²) < 4.78 is 5.55. The van der Waals surface area contributed by atoms with Gasteiger partial charge in [0.1, 0.15) is 5.75 Å². The van der Waals surface area contributed by atoms with E-state index in [2.05, 4.69) is 0 Å². The summed E-state index contributed by atoms with van der Waals surface area (Å²) in [6.45, 7) is 7.22. The number of amides is 1. The van der Waals surface area contributed by atoms with E-state index in [1.165, 1.54) is 5.56 Å². The van der Waals surface area contributed by atoms with Gasteiger partial charge in [0.15, 0.2) is 6.61 Å². The van der Waals surface area contributed by atoms with Crippen molar-refractivity contribution in [2.75, 3.05) is 19.7 Å². The van der Waals surface area contributed by atoms with Crippen LogP contribution >= 0.6 is 0 Å². The van der Waals surface area contributed by atoms with Crippen molar-refractivity contribution in [3.8, 4) is 5.75 Å². The highest BCUT2D eigenvalue weighted by Gasteiger charge is 2.27. The van der Waals surface area contributed by atoms with E-state index < -0.39 is 6.10 Å². The number of hydrogen-bond acceptors (Lipinski definition) is 3. The summed E-state index contributed by atoms with van der Waals surface area (Å²) in [6, 6.07) is 5.81. The molecule has 1 saturated heterocycles. The van der Waals surface area contributed by atoms with Crippen LogP contribution < -0.4 is 4.74 Å². The molecule has 1 aliphatic rings. The molecular formula is C16H23NO3. The molecule has 1 aromatic carbocycles. The summed E-state index contributed by atoms with van der Waals surface area (Å²) in [7, 11) is 0. The Bertz CT molecular complexity index is 487. The Balaban J connectivity index is 1.87. The van der Waals surface area contributed by atoms with Crippen LogP contribution in [-0.4, -0.2) is 41.7 Å². The second-order valence-electron chi connectivity index (χ2n) is 5.71. The average molecular weight is 277 g/mol. The van der Waals surface area contributed by atoms with Gasteiger partial charge >= 0.3 is 0 Å². The summed E-state index contributed by atoms with van der Waals surface area (Å²) in [6.07, 6.45) is 0.422. The highest BCUT2D eigenvalue weighted by molar-refractivity contribution is 5.78. The smallest absolute Gasteiger partial charge is 0.260 e. The number of carbonyl (C=O) groups is 1. The molecule has 1 aliphatic heterocycles. The molecule has 110 valence electrons. The van der Waals surface area contributed by atoms with Crippen molar-refractivity contribution in [1.29, 1.82) is 0 Å². The van der Waals surface area contributed by atoms with Crippen molar-refractivity contribution in [2.24, 2.45) is 5.92 Å². The van der Waals surface area contributed by atoms with Crippen molar-refractivity contribution in [3.05, 3.63) is 29.3 Å². The highest BCUT2D eigenvalue weighted by atomic mass is 16.5. The normalized spacial score (nSPS) is 22.7. The van der Waals surface area contributed by atoms with Crippen molar-refractivity contribution in [3.63, 3.8) is 0 Å². The van der Waals surface area contributed by atoms with Crippen LogP contribution in [0.4, 0.5) is 0 Å². The Morgan fingerprint density at radius 1 is 1.40 bits per heavy atom. The number of nitrogens with zero attached hydrogens (tertiary/aromatic N) is 1. The number of rotatable bonds is 3. The topological polar surface area (TPSA) is 49.8 Å². The molecule has 1 heterocycles. The van der Waals surface area contributed by atoms with Crippen LogP contribution in [0.25, 0.3) is 0 Å². The van der Waals surface area contributed by atoms with Gasteiger partial charge in [-0.1, -0.05) is 13.0 Å². The molecule has 0 spiro atoms. The molecule has 1 N–H and O–H groups in total. The number of likely N-dealkylation sites (tertiary alicyclic amines) is 1. The summed E-state index contributed by atoms with van der Waals surface area (Å²) in [4.78, 5) is 13.8. The molecule has 0 radical (unpaired) electrons. The van der Waals surface area contributed by atoms with E-state index in [-0.39, 0.29) is 18.4 Å². The van der Waals surface area contributed by atoms with Gasteiger partial charge in [-0.05, 0) is 49.4 Å². The minimum absolute atomic E-state index is 0.0314. The maximum atomic E-state index is 12.1. The van der Waals surface area contributed by atoms with Gasteiger partial charge in [0.05, 0.1) is 6.10 Å². The van der Waals surface area contributed by atoms with Crippen LogP contribution in [0, 0.1) is 19.8 Å². The highest BCUT2D eigenvalue weighted by Crippen LogP contribution is 2.18. The zero-order valence-electron chi connectivity index (χ0n) is 12.4. The predicted molar refractivity (Wildman–Crippen MR) is 77.8 cm³/mol. The summed E-state index contributed by atoms with van der Waals surface area (Å²) in [5.41, 5.74) is 2.36. The average Bonchev–Trinajstić information content (AvgIpc) is 2.43. The van der Waals surface area contributed by atoms with Crippen molar-refractivity contribution >= 4 is 5.91 Å². The maximum absolute atomic E-state index is 12.1. The quantitative estimate of drug-likeness (QED) is 0.918. The molecule has 4 nitrogen and oxygen atoms in total. The molecule has 0 bridgehead atoms. The van der Waals surface area contributed by atoms with Gasteiger partial charge in [-0.3, -0.25) is 4.79 Å². The zero-order chi connectivity index (χ0) is 14.7. The SMILES string of the molecule is Cc1ccc(OCC(=O)N2CCC(C)C(O)C2)cc1C. The first kappa shape index (κ1) is 14.9. The molecule has 1 fully saturated rings. The number of ether oxygens (including phenoxy) is 1. The van der Waals surface area contributed by atoms with Gasteiger partial charge in [-0.15, -0.1) is 0 Å². The molecule has 2 unspecified atom stereocenters. The minimum atomic E-state index is -0.422. The molecule has 2 atom stereocenters. The Hall–Kier alpha value is -1.55. The molecule has 4 heteroatoms. The lowest BCUT2D eigenvalue weighted by molar-refractivity contribution is -0.137. The number of aliphatic hydroxyl groups excluding tert-OH is 1. The largest absolute Gasteiger partial charge is 0.484 e. The molecule has 20 heavy (non-hydrogen) atoms. The van der Waals surface area contributed by atoms with Crippen LogP contribution in [0.2, 0.25) is 0 Å². The monoisotopic (exact) mass is 277 g/mol. The van der Waals surface area contributed by atoms with Gasteiger partial charge in [0.2, 0.25) is 0 Å². The zero-order valence-corrected chi connectivity index (χ0v) is 12.4. The van der Waals surface area contributed by atoms with Gasteiger partial charge in [-0.25, -0.2) is 0 Å². The number of β-amino-alcohol motifs (C(OH)–C–C–N with tert-alkyl or cyclic N) is 1. The Labute approximate surface area is 120 Å². The summed E-state index contributed by atoms with van der Waals surface area (Å²) in [5, 5.41) is 9.81. The fourth-order valence-corrected chi connectivity index (χ4v) is 2.32. The number of hydrogen-bond donors (Lipinski definition) is 1. The van der Waals surface area contributed by atoms with E-state index >= 15 is 0 Å². The van der Waals surface area contributed by atoms with Crippen molar-refractivity contribution in [1.82, 2.24) is 4.90 Å². The molecule has 2 rings (SSSR count). The third-order valence-electron chi connectivity index (χ3n) is 4.11. The minimum Gasteiger partial charge on any atom is -0.484 e. The van der Waals surface area contributed by atoms with Crippen LogP contribution in [0.5, 0.6) is 5.75 Å². The van der Waals surface area contributed by atoms with E-state index in [1.807, 2.05) is 39.0 Å². The number of piperidine rings is 1. The maximum Gasteiger partial charge on any atom is 0.260 e. The lowest BCUT2D eigenvalue weighted by Gasteiger charge is -2.34. The van der Waals surface area contributed by atoms with E-state index in [4.69, 9.17) is 4.74 Å². The first-order valence-electron chi connectivity index (χ1n) is 7.13. The summed E-state index contributed by atoms with van der Waals surface area (Å²) in [5.74, 6) is 0.918. The first-order valence-corrected chi connectivity index (χ1v) is 7.13. The van der Waals surface area contributed by atoms with E-state index in [0.717, 1.165) is 12.0 Å². The predicted octanol–water partition coefficient (Wildman–Crippen LogP) is 1.91. The molecule has 0 aliphatic carbocycles. The Morgan fingerprint density at radius 2 is 2.15 bits per heavy atom. The van der Waals surface area contributed by atoms with Crippen LogP contribution in [0.15, 0.2) is 18.2 Å². The van der Waals surface area contributed by atoms with Crippen molar-refractivity contribution in [2.45, 2.75) is 33.3 Å². The Kier molecular flexibility index (Phi) is 4.65. The van der Waals surface area contributed by atoms with E-state index in [9.17, 15) is 9.90 Å². The second kappa shape index (κ2) is 6.27. The molecule has 1 amide bonds. The first-order chi connectivity index (χ1) is 9.47. The molecular weight excluding hydrogens is 254 g/mol. The fraction of sp³-hybridized carbons (Fsp3) is 0.562. The van der Waals surface area contributed by atoms with E-state index in [0.29, 0.717) is 18.8 Å². The third-order valence-corrected chi connectivity index (χ3v) is 4.11. The molecule has 1 aromatic rings. The number of aryl methyl sites for hydroxylation is 2. The standard InChI is InChI=1S/C16H23NO3/c1-11-4-5-14(8-13(11)3)20-10-16(19)17-7-6-12(2)15(18)9-17/h4-5,8,12,15,18H,6-7,9-10H2,1-3H3. The fourth-order valence-electron chi connectivity index (χ4n) is 2.32. The van der Waals surface area contributed by atoms with Crippen LogP contribution in [0.1, 0.15) is 24.5 Å². The van der Waals surface area contributed by atoms with Gasteiger partial charge in [0.25, 0.3) is 5.91 Å². The molecule has 0 aromatic heterocycles. The molecule has 0 saturated carbocycles. The van der Waals surface area contributed by atoms with Gasteiger partial charge < -0.3 is 14.7 Å². The number of benzene rings is 1. The lowest BCUT2D eigenvalue weighted by Crippen LogP contribution is -2.47. The van der Waals surface area contributed by atoms with Crippen LogP contribution in [-0.2, 0) is 4.79 Å². The van der Waals surface area contributed by atoms with E-state index in [1.54, 1.807) is 4.90 Å². The number of aliphatic hydroxyl groups is 1. The Morgan fingerprint density at radius 3 is 2.80 bits per heavy atom. The van der Waals surface area contributed by atoms with Crippen LogP contribution in [0.3, 0.4) is 0 Å². The van der Waals surface area contributed by atoms with Gasteiger partial charge in [-0.2, -0.15) is 0 Å². The van der Waals surface area contributed by atoms with Gasteiger partial charge in [0, 0.05) is 13.1 Å². The summed E-state index contributed by atoms with van der Waals surface area (Å²) >= 11 is 0. The van der Waals surface area contributed by atoms with Crippen molar-refractivity contribution < 1.29 is 14.6 Å².